The van der Waals surface area contributed by atoms with Crippen LogP contribution in [0.15, 0.2) is 6.07 Å². The standard InChI is InChI=1S/C13H18N2O3/c1-8-6-9(2)14-12(11(8)13(16)17)15-4-5-18-10(3)7-15/h6,10H,4-5,7H2,1-3H3,(H,16,17). The summed E-state index contributed by atoms with van der Waals surface area (Å²) >= 11 is 0. The van der Waals surface area contributed by atoms with Crippen LogP contribution in [0.1, 0.15) is 28.5 Å². The molecule has 1 aliphatic heterocycles. The van der Waals surface area contributed by atoms with Gasteiger partial charge in [0.2, 0.25) is 0 Å². The molecule has 18 heavy (non-hydrogen) atoms. The van der Waals surface area contributed by atoms with E-state index < -0.39 is 5.97 Å². The van der Waals surface area contributed by atoms with Gasteiger partial charge in [0.25, 0.3) is 0 Å². The van der Waals surface area contributed by atoms with Crippen molar-refractivity contribution < 1.29 is 14.6 Å². The van der Waals surface area contributed by atoms with Crippen molar-refractivity contribution in [1.82, 2.24) is 4.98 Å². The maximum Gasteiger partial charge on any atom is 0.339 e. The number of hydrogen-bond donors (Lipinski definition) is 1. The number of anilines is 1. The summed E-state index contributed by atoms with van der Waals surface area (Å²) in [6.07, 6.45) is 0.100. The zero-order valence-corrected chi connectivity index (χ0v) is 10.9. The van der Waals surface area contributed by atoms with E-state index in [1.165, 1.54) is 0 Å². The second-order valence-corrected chi connectivity index (χ2v) is 4.71. The second kappa shape index (κ2) is 4.94. The molecule has 1 aromatic rings. The highest BCUT2D eigenvalue weighted by Crippen LogP contribution is 2.24. The predicted octanol–water partition coefficient (Wildman–Crippen LogP) is 1.62. The largest absolute Gasteiger partial charge is 0.478 e. The van der Waals surface area contributed by atoms with Crippen LogP contribution in [0.3, 0.4) is 0 Å². The molecule has 0 spiro atoms. The van der Waals surface area contributed by atoms with Crippen LogP contribution in [-0.4, -0.2) is 41.9 Å². The molecule has 0 saturated carbocycles. The van der Waals surface area contributed by atoms with E-state index in [9.17, 15) is 9.90 Å². The number of hydrogen-bond acceptors (Lipinski definition) is 4. The van der Waals surface area contributed by atoms with E-state index in [-0.39, 0.29) is 6.10 Å². The van der Waals surface area contributed by atoms with Crippen molar-refractivity contribution in [2.45, 2.75) is 26.9 Å². The van der Waals surface area contributed by atoms with Gasteiger partial charge in [-0.05, 0) is 32.4 Å². The Hall–Kier alpha value is -1.62. The van der Waals surface area contributed by atoms with E-state index >= 15 is 0 Å². The summed E-state index contributed by atoms with van der Waals surface area (Å²) in [5.74, 6) is -0.357. The van der Waals surface area contributed by atoms with E-state index in [1.807, 2.05) is 25.7 Å². The van der Waals surface area contributed by atoms with Crippen molar-refractivity contribution in [3.05, 3.63) is 22.9 Å². The number of aromatic nitrogens is 1. The Morgan fingerprint density at radius 1 is 1.56 bits per heavy atom. The Morgan fingerprint density at radius 3 is 2.89 bits per heavy atom. The fourth-order valence-electron chi connectivity index (χ4n) is 2.32. The number of morpholine rings is 1. The van der Waals surface area contributed by atoms with Gasteiger partial charge in [0.1, 0.15) is 11.4 Å². The number of aryl methyl sites for hydroxylation is 2. The molecule has 0 amide bonds. The molecule has 5 nitrogen and oxygen atoms in total. The number of aromatic carboxylic acids is 1. The van der Waals surface area contributed by atoms with Gasteiger partial charge < -0.3 is 14.7 Å². The van der Waals surface area contributed by atoms with Gasteiger partial charge in [-0.25, -0.2) is 9.78 Å². The lowest BCUT2D eigenvalue weighted by atomic mass is 10.1. The fourth-order valence-corrected chi connectivity index (χ4v) is 2.32. The molecule has 2 heterocycles. The van der Waals surface area contributed by atoms with E-state index in [0.717, 1.165) is 11.3 Å². The summed E-state index contributed by atoms with van der Waals surface area (Å²) in [5.41, 5.74) is 1.89. The fraction of sp³-hybridized carbons (Fsp3) is 0.538. The Bertz CT molecular complexity index is 474. The van der Waals surface area contributed by atoms with Crippen molar-refractivity contribution >= 4 is 11.8 Å². The van der Waals surface area contributed by atoms with E-state index in [4.69, 9.17) is 4.74 Å². The second-order valence-electron chi connectivity index (χ2n) is 4.71. The minimum Gasteiger partial charge on any atom is -0.478 e. The van der Waals surface area contributed by atoms with Crippen molar-refractivity contribution in [2.24, 2.45) is 0 Å². The smallest absolute Gasteiger partial charge is 0.339 e. The molecule has 1 aliphatic rings. The zero-order valence-electron chi connectivity index (χ0n) is 10.9. The third-order valence-corrected chi connectivity index (χ3v) is 3.08. The summed E-state index contributed by atoms with van der Waals surface area (Å²) in [7, 11) is 0. The number of pyridine rings is 1. The Kier molecular flexibility index (Phi) is 3.52. The summed E-state index contributed by atoms with van der Waals surface area (Å²) < 4.78 is 5.47. The first-order chi connectivity index (χ1) is 8.49. The lowest BCUT2D eigenvalue weighted by Gasteiger charge is -2.33. The van der Waals surface area contributed by atoms with Crippen LogP contribution in [0.5, 0.6) is 0 Å². The number of nitrogens with zero attached hydrogens (tertiary/aromatic N) is 2. The summed E-state index contributed by atoms with van der Waals surface area (Å²) in [6.45, 7) is 7.64. The van der Waals surface area contributed by atoms with Crippen molar-refractivity contribution in [2.75, 3.05) is 24.6 Å². The lowest BCUT2D eigenvalue weighted by Crippen LogP contribution is -2.42. The summed E-state index contributed by atoms with van der Waals surface area (Å²) in [4.78, 5) is 17.8. The van der Waals surface area contributed by atoms with Crippen molar-refractivity contribution in [3.8, 4) is 0 Å². The molecule has 1 N–H and O–H groups in total. The lowest BCUT2D eigenvalue weighted by molar-refractivity contribution is 0.0524. The van der Waals surface area contributed by atoms with Gasteiger partial charge in [-0.3, -0.25) is 0 Å². The third kappa shape index (κ3) is 2.46. The summed E-state index contributed by atoms with van der Waals surface area (Å²) in [5, 5.41) is 9.34. The molecule has 0 bridgehead atoms. The first kappa shape index (κ1) is 12.8. The van der Waals surface area contributed by atoms with Gasteiger partial charge in [-0.15, -0.1) is 0 Å². The minimum absolute atomic E-state index is 0.100. The highest BCUT2D eigenvalue weighted by molar-refractivity contribution is 5.95. The average Bonchev–Trinajstić information content (AvgIpc) is 2.27. The van der Waals surface area contributed by atoms with Gasteiger partial charge in [0.15, 0.2) is 0 Å². The van der Waals surface area contributed by atoms with Gasteiger partial charge in [0, 0.05) is 18.8 Å². The maximum absolute atomic E-state index is 11.4. The number of rotatable bonds is 2. The molecule has 1 unspecified atom stereocenters. The quantitative estimate of drug-likeness (QED) is 0.864. The molecule has 1 saturated heterocycles. The minimum atomic E-state index is -0.922. The van der Waals surface area contributed by atoms with Gasteiger partial charge in [0.05, 0.1) is 12.7 Å². The van der Waals surface area contributed by atoms with E-state index in [2.05, 4.69) is 4.98 Å². The molecule has 1 aromatic heterocycles. The molecule has 5 heteroatoms. The highest BCUT2D eigenvalue weighted by atomic mass is 16.5. The highest BCUT2D eigenvalue weighted by Gasteiger charge is 2.24. The normalized spacial score (nSPS) is 19.9. The maximum atomic E-state index is 11.4. The monoisotopic (exact) mass is 250 g/mol. The Labute approximate surface area is 106 Å². The van der Waals surface area contributed by atoms with Crippen LogP contribution in [-0.2, 0) is 4.74 Å². The SMILES string of the molecule is Cc1cc(C)c(C(=O)O)c(N2CCOC(C)C2)n1. The van der Waals surface area contributed by atoms with Crippen LogP contribution in [0.25, 0.3) is 0 Å². The molecule has 1 fully saturated rings. The number of carboxylic acid groups (broad SMARTS) is 1. The number of carboxylic acids is 1. The molecular formula is C13H18N2O3. The topological polar surface area (TPSA) is 62.7 Å². The zero-order chi connectivity index (χ0) is 13.3. The Morgan fingerprint density at radius 2 is 2.28 bits per heavy atom. The van der Waals surface area contributed by atoms with E-state index in [1.54, 1.807) is 6.07 Å². The van der Waals surface area contributed by atoms with Crippen LogP contribution in [0.4, 0.5) is 5.82 Å². The van der Waals surface area contributed by atoms with E-state index in [0.29, 0.717) is 31.1 Å². The number of ether oxygens (including phenoxy) is 1. The first-order valence-electron chi connectivity index (χ1n) is 6.07. The van der Waals surface area contributed by atoms with Crippen LogP contribution >= 0.6 is 0 Å². The third-order valence-electron chi connectivity index (χ3n) is 3.08. The molecular weight excluding hydrogens is 232 g/mol. The summed E-state index contributed by atoms with van der Waals surface area (Å²) in [6, 6.07) is 1.80. The average molecular weight is 250 g/mol. The molecule has 0 radical (unpaired) electrons. The molecule has 98 valence electrons. The molecule has 0 aromatic carbocycles. The van der Waals surface area contributed by atoms with Crippen LogP contribution in [0, 0.1) is 13.8 Å². The van der Waals surface area contributed by atoms with Crippen LogP contribution in [0.2, 0.25) is 0 Å². The molecule has 1 atom stereocenters. The Balaban J connectivity index is 2.44. The predicted molar refractivity (Wildman–Crippen MR) is 68.3 cm³/mol. The van der Waals surface area contributed by atoms with Gasteiger partial charge in [-0.1, -0.05) is 0 Å². The first-order valence-corrected chi connectivity index (χ1v) is 6.07. The molecule has 2 rings (SSSR count). The van der Waals surface area contributed by atoms with Crippen LogP contribution < -0.4 is 4.90 Å². The van der Waals surface area contributed by atoms with Crippen molar-refractivity contribution in [1.29, 1.82) is 0 Å². The van der Waals surface area contributed by atoms with Gasteiger partial charge in [-0.2, -0.15) is 0 Å². The molecule has 0 aliphatic carbocycles. The van der Waals surface area contributed by atoms with Crippen molar-refractivity contribution in [3.63, 3.8) is 0 Å². The van der Waals surface area contributed by atoms with Gasteiger partial charge >= 0.3 is 5.97 Å². The number of carbonyl (C=O) groups is 1.